The second kappa shape index (κ2) is 4.28. The molecule has 1 heterocycles. The van der Waals surface area contributed by atoms with E-state index in [-0.39, 0.29) is 5.92 Å². The maximum Gasteiger partial charge on any atom is 0.312 e. The Morgan fingerprint density at radius 3 is 2.83 bits per heavy atom. The van der Waals surface area contributed by atoms with Crippen LogP contribution in [0.5, 0.6) is 5.75 Å². The van der Waals surface area contributed by atoms with E-state index in [0.29, 0.717) is 5.92 Å². The topological polar surface area (TPSA) is 46.5 Å². The molecular formula is C14H14O3S. The highest BCUT2D eigenvalue weighted by Gasteiger charge is 2.38. The zero-order valence-corrected chi connectivity index (χ0v) is 10.9. The molecule has 0 radical (unpaired) electrons. The first kappa shape index (κ1) is 11.5. The number of methoxy groups -OCH3 is 1. The van der Waals surface area contributed by atoms with Crippen LogP contribution in [0.1, 0.15) is 23.6 Å². The molecule has 1 aliphatic rings. The highest BCUT2D eigenvalue weighted by molar-refractivity contribution is 7.19. The van der Waals surface area contributed by atoms with Crippen molar-refractivity contribution in [2.24, 2.45) is 5.92 Å². The van der Waals surface area contributed by atoms with E-state index in [9.17, 15) is 9.90 Å². The minimum Gasteiger partial charge on any atom is -0.497 e. The fourth-order valence-corrected chi connectivity index (χ4v) is 3.58. The fourth-order valence-electron chi connectivity index (χ4n) is 2.30. The van der Waals surface area contributed by atoms with Gasteiger partial charge < -0.3 is 9.84 Å². The molecule has 3 rings (SSSR count). The van der Waals surface area contributed by atoms with Crippen molar-refractivity contribution in [2.45, 2.75) is 18.8 Å². The molecule has 1 aliphatic carbocycles. The number of thiophene rings is 1. The van der Waals surface area contributed by atoms with Crippen LogP contribution in [0, 0.1) is 5.92 Å². The fraction of sp³-hybridized carbons (Fsp3) is 0.357. The maximum absolute atomic E-state index is 11.4. The number of benzene rings is 1. The van der Waals surface area contributed by atoms with Crippen molar-refractivity contribution in [3.8, 4) is 5.75 Å². The van der Waals surface area contributed by atoms with E-state index < -0.39 is 5.97 Å². The Labute approximate surface area is 109 Å². The molecule has 1 atom stereocenters. The van der Waals surface area contributed by atoms with Gasteiger partial charge in [-0.2, -0.15) is 0 Å². The summed E-state index contributed by atoms with van der Waals surface area (Å²) in [7, 11) is 1.64. The van der Waals surface area contributed by atoms with Gasteiger partial charge in [0.2, 0.25) is 0 Å². The molecule has 1 N–H and O–H groups in total. The van der Waals surface area contributed by atoms with Gasteiger partial charge in [-0.1, -0.05) is 0 Å². The van der Waals surface area contributed by atoms with Gasteiger partial charge in [0.1, 0.15) is 5.75 Å². The van der Waals surface area contributed by atoms with E-state index in [0.717, 1.165) is 33.6 Å². The lowest BCUT2D eigenvalue weighted by Crippen LogP contribution is -2.11. The SMILES string of the molecule is COc1ccc2cc(C(C(=O)O)C3CC3)sc2c1. The molecule has 94 valence electrons. The summed E-state index contributed by atoms with van der Waals surface area (Å²) in [6, 6.07) is 7.87. The minimum absolute atomic E-state index is 0.326. The van der Waals surface area contributed by atoms with E-state index in [2.05, 4.69) is 0 Å². The first-order valence-corrected chi connectivity index (χ1v) is 6.81. The molecule has 0 amide bonds. The van der Waals surface area contributed by atoms with Crippen LogP contribution in [0.2, 0.25) is 0 Å². The molecule has 4 heteroatoms. The molecule has 0 spiro atoms. The Balaban J connectivity index is 2.03. The van der Waals surface area contributed by atoms with Gasteiger partial charge in [-0.3, -0.25) is 4.79 Å². The molecule has 0 aliphatic heterocycles. The molecule has 1 aromatic carbocycles. The van der Waals surface area contributed by atoms with E-state index >= 15 is 0 Å². The molecule has 1 saturated carbocycles. The van der Waals surface area contributed by atoms with Crippen molar-refractivity contribution in [1.82, 2.24) is 0 Å². The summed E-state index contributed by atoms with van der Waals surface area (Å²) in [6.07, 6.45) is 2.07. The van der Waals surface area contributed by atoms with Crippen LogP contribution in [0.25, 0.3) is 10.1 Å². The van der Waals surface area contributed by atoms with Crippen LogP contribution in [0.4, 0.5) is 0 Å². The third-order valence-electron chi connectivity index (χ3n) is 3.41. The van der Waals surface area contributed by atoms with E-state index in [1.165, 1.54) is 0 Å². The predicted octanol–water partition coefficient (Wildman–Crippen LogP) is 3.49. The summed E-state index contributed by atoms with van der Waals surface area (Å²) in [5.41, 5.74) is 0. The van der Waals surface area contributed by atoms with Gasteiger partial charge in [-0.05, 0) is 48.4 Å². The standard InChI is InChI=1S/C14H14O3S/c1-17-10-5-4-9-6-12(18-11(9)7-10)13(14(15)16)8-2-3-8/h4-8,13H,2-3H2,1H3,(H,15,16). The average Bonchev–Trinajstić information content (AvgIpc) is 3.07. The molecule has 0 bridgehead atoms. The van der Waals surface area contributed by atoms with E-state index in [1.54, 1.807) is 18.4 Å². The summed E-state index contributed by atoms with van der Waals surface area (Å²) >= 11 is 1.57. The third kappa shape index (κ3) is 1.97. The first-order valence-electron chi connectivity index (χ1n) is 5.99. The highest BCUT2D eigenvalue weighted by Crippen LogP contribution is 2.46. The number of carboxylic acids is 1. The number of aliphatic carboxylic acids is 1. The average molecular weight is 262 g/mol. The lowest BCUT2D eigenvalue weighted by Gasteiger charge is -2.07. The molecule has 1 unspecified atom stereocenters. The van der Waals surface area contributed by atoms with Crippen LogP contribution in [0.3, 0.4) is 0 Å². The summed E-state index contributed by atoms with van der Waals surface area (Å²) in [5, 5.41) is 10.4. The second-order valence-corrected chi connectivity index (χ2v) is 5.82. The van der Waals surface area contributed by atoms with Gasteiger partial charge in [0.25, 0.3) is 0 Å². The molecule has 0 saturated heterocycles. The van der Waals surface area contributed by atoms with Crippen molar-refractivity contribution in [2.75, 3.05) is 7.11 Å². The van der Waals surface area contributed by atoms with Crippen molar-refractivity contribution in [1.29, 1.82) is 0 Å². The largest absolute Gasteiger partial charge is 0.497 e. The van der Waals surface area contributed by atoms with Crippen LogP contribution < -0.4 is 4.74 Å². The number of ether oxygens (including phenoxy) is 1. The smallest absolute Gasteiger partial charge is 0.312 e. The molecule has 18 heavy (non-hydrogen) atoms. The normalized spacial score (nSPS) is 16.7. The Bertz CT molecular complexity index is 598. The number of rotatable bonds is 4. The van der Waals surface area contributed by atoms with E-state index in [4.69, 9.17) is 4.74 Å². The van der Waals surface area contributed by atoms with Crippen molar-refractivity contribution < 1.29 is 14.6 Å². The molecular weight excluding hydrogens is 248 g/mol. The highest BCUT2D eigenvalue weighted by atomic mass is 32.1. The zero-order valence-electron chi connectivity index (χ0n) is 10.1. The summed E-state index contributed by atoms with van der Waals surface area (Å²) in [4.78, 5) is 12.3. The number of carbonyl (C=O) groups is 1. The lowest BCUT2D eigenvalue weighted by atomic mass is 10.0. The summed E-state index contributed by atoms with van der Waals surface area (Å²) < 4.78 is 6.28. The van der Waals surface area contributed by atoms with Gasteiger partial charge in [0, 0.05) is 9.58 Å². The molecule has 1 aromatic heterocycles. The van der Waals surface area contributed by atoms with Crippen molar-refractivity contribution >= 4 is 27.4 Å². The van der Waals surface area contributed by atoms with Crippen LogP contribution in [-0.4, -0.2) is 18.2 Å². The van der Waals surface area contributed by atoms with Gasteiger partial charge in [-0.25, -0.2) is 0 Å². The van der Waals surface area contributed by atoms with Crippen LogP contribution >= 0.6 is 11.3 Å². The Morgan fingerprint density at radius 2 is 2.22 bits per heavy atom. The number of fused-ring (bicyclic) bond motifs is 1. The number of carboxylic acid groups (broad SMARTS) is 1. The quantitative estimate of drug-likeness (QED) is 0.917. The monoisotopic (exact) mass is 262 g/mol. The van der Waals surface area contributed by atoms with Gasteiger partial charge >= 0.3 is 5.97 Å². The third-order valence-corrected chi connectivity index (χ3v) is 4.59. The van der Waals surface area contributed by atoms with E-state index in [1.807, 2.05) is 24.3 Å². The zero-order chi connectivity index (χ0) is 12.7. The molecule has 2 aromatic rings. The van der Waals surface area contributed by atoms with Crippen molar-refractivity contribution in [3.05, 3.63) is 29.1 Å². The molecule has 3 nitrogen and oxygen atoms in total. The van der Waals surface area contributed by atoms with Gasteiger partial charge in [0.05, 0.1) is 13.0 Å². The van der Waals surface area contributed by atoms with Gasteiger partial charge in [-0.15, -0.1) is 11.3 Å². The first-order chi connectivity index (χ1) is 8.69. The van der Waals surface area contributed by atoms with Crippen LogP contribution in [0.15, 0.2) is 24.3 Å². The van der Waals surface area contributed by atoms with Crippen molar-refractivity contribution in [3.63, 3.8) is 0 Å². The Hall–Kier alpha value is -1.55. The predicted molar refractivity (Wildman–Crippen MR) is 71.5 cm³/mol. The lowest BCUT2D eigenvalue weighted by molar-refractivity contribution is -0.139. The number of hydrogen-bond acceptors (Lipinski definition) is 3. The van der Waals surface area contributed by atoms with Gasteiger partial charge in [0.15, 0.2) is 0 Å². The second-order valence-electron chi connectivity index (χ2n) is 4.71. The Morgan fingerprint density at radius 1 is 1.44 bits per heavy atom. The Kier molecular flexibility index (Phi) is 2.74. The summed E-state index contributed by atoms with van der Waals surface area (Å²) in [5.74, 6) is 0.121. The minimum atomic E-state index is -0.698. The summed E-state index contributed by atoms with van der Waals surface area (Å²) in [6.45, 7) is 0. The molecule has 1 fully saturated rings. The van der Waals surface area contributed by atoms with Crippen LogP contribution in [-0.2, 0) is 4.79 Å². The number of hydrogen-bond donors (Lipinski definition) is 1. The maximum atomic E-state index is 11.4.